The van der Waals surface area contributed by atoms with E-state index < -0.39 is 0 Å². The number of benzene rings is 2. The van der Waals surface area contributed by atoms with E-state index in [0.29, 0.717) is 6.04 Å². The predicted molar refractivity (Wildman–Crippen MR) is 81.6 cm³/mol. The lowest BCUT2D eigenvalue weighted by Crippen LogP contribution is -2.38. The van der Waals surface area contributed by atoms with E-state index in [1.54, 1.807) is 0 Å². The molecule has 0 aromatic heterocycles. The zero-order valence-corrected chi connectivity index (χ0v) is 11.9. The highest BCUT2D eigenvalue weighted by Gasteiger charge is 2.41. The molecule has 0 bridgehead atoms. The van der Waals surface area contributed by atoms with Gasteiger partial charge in [0, 0.05) is 23.7 Å². The molecule has 1 unspecified atom stereocenters. The second-order valence-corrected chi connectivity index (χ2v) is 6.03. The largest absolute Gasteiger partial charge is 0.363 e. The lowest BCUT2D eigenvalue weighted by molar-refractivity contribution is 0.440. The van der Waals surface area contributed by atoms with E-state index in [1.807, 2.05) is 0 Å². The van der Waals surface area contributed by atoms with Crippen LogP contribution in [0.4, 0.5) is 5.69 Å². The summed E-state index contributed by atoms with van der Waals surface area (Å²) in [5, 5.41) is 0. The van der Waals surface area contributed by atoms with E-state index in [1.165, 1.54) is 16.8 Å². The van der Waals surface area contributed by atoms with Crippen molar-refractivity contribution in [3.05, 3.63) is 65.7 Å². The third-order valence-corrected chi connectivity index (χ3v) is 4.62. The molecule has 0 saturated carbocycles. The Morgan fingerprint density at radius 2 is 1.58 bits per heavy atom. The van der Waals surface area contributed by atoms with Crippen LogP contribution in [0.1, 0.15) is 31.9 Å². The fourth-order valence-corrected chi connectivity index (χ4v) is 3.09. The maximum absolute atomic E-state index is 2.53. The third kappa shape index (κ3) is 1.94. The van der Waals surface area contributed by atoms with Gasteiger partial charge in [-0.2, -0.15) is 0 Å². The lowest BCUT2D eigenvalue weighted by atomic mass is 9.81. The predicted octanol–water partition coefficient (Wildman–Crippen LogP) is 4.37. The summed E-state index contributed by atoms with van der Waals surface area (Å²) >= 11 is 0. The van der Waals surface area contributed by atoms with Crippen molar-refractivity contribution in [3.8, 4) is 0 Å². The van der Waals surface area contributed by atoms with Gasteiger partial charge >= 0.3 is 0 Å². The molecule has 0 radical (unpaired) electrons. The summed E-state index contributed by atoms with van der Waals surface area (Å²) in [5.74, 6) is 0. The van der Waals surface area contributed by atoms with Crippen LogP contribution in [0.3, 0.4) is 0 Å². The second kappa shape index (κ2) is 4.41. The number of para-hydroxylation sites is 1. The average molecular weight is 251 g/mol. The van der Waals surface area contributed by atoms with Crippen molar-refractivity contribution in [3.63, 3.8) is 0 Å². The van der Waals surface area contributed by atoms with E-state index in [4.69, 9.17) is 0 Å². The van der Waals surface area contributed by atoms with Crippen molar-refractivity contribution >= 4 is 5.69 Å². The summed E-state index contributed by atoms with van der Waals surface area (Å²) in [6.45, 7) is 8.02. The third-order valence-electron chi connectivity index (χ3n) is 4.62. The molecule has 1 atom stereocenters. The number of hydrogen-bond donors (Lipinski definition) is 0. The van der Waals surface area contributed by atoms with Crippen molar-refractivity contribution in [2.45, 2.75) is 38.8 Å². The zero-order valence-electron chi connectivity index (χ0n) is 11.9. The summed E-state index contributed by atoms with van der Waals surface area (Å²) in [7, 11) is 0. The van der Waals surface area contributed by atoms with Gasteiger partial charge in [-0.05, 0) is 24.1 Å². The minimum atomic E-state index is 0.214. The van der Waals surface area contributed by atoms with Crippen LogP contribution < -0.4 is 4.90 Å². The molecule has 98 valence electrons. The molecule has 1 aliphatic rings. The second-order valence-electron chi connectivity index (χ2n) is 6.03. The highest BCUT2D eigenvalue weighted by Crippen LogP contribution is 2.45. The molecule has 1 heterocycles. The molecule has 3 rings (SSSR count). The quantitative estimate of drug-likeness (QED) is 0.766. The van der Waals surface area contributed by atoms with E-state index in [0.717, 1.165) is 6.54 Å². The van der Waals surface area contributed by atoms with Crippen LogP contribution in [0, 0.1) is 0 Å². The lowest BCUT2D eigenvalue weighted by Gasteiger charge is -2.31. The van der Waals surface area contributed by atoms with Gasteiger partial charge in [-0.3, -0.25) is 0 Å². The Morgan fingerprint density at radius 1 is 0.947 bits per heavy atom. The first-order chi connectivity index (χ1) is 9.10. The van der Waals surface area contributed by atoms with Crippen LogP contribution in [-0.4, -0.2) is 6.04 Å². The van der Waals surface area contributed by atoms with Crippen molar-refractivity contribution < 1.29 is 0 Å². The molecule has 19 heavy (non-hydrogen) atoms. The number of anilines is 1. The van der Waals surface area contributed by atoms with Gasteiger partial charge in [0.1, 0.15) is 0 Å². The van der Waals surface area contributed by atoms with E-state index in [-0.39, 0.29) is 5.41 Å². The van der Waals surface area contributed by atoms with Crippen molar-refractivity contribution in [1.82, 2.24) is 0 Å². The normalized spacial score (nSPS) is 20.4. The Kier molecular flexibility index (Phi) is 2.85. The number of nitrogens with zero attached hydrogens (tertiary/aromatic N) is 1. The fourth-order valence-electron chi connectivity index (χ4n) is 3.09. The maximum atomic E-state index is 2.53. The Bertz CT molecular complexity index is 571. The molecular formula is C18H21N. The summed E-state index contributed by atoms with van der Waals surface area (Å²) in [5.41, 5.74) is 4.45. The monoisotopic (exact) mass is 251 g/mol. The molecule has 0 N–H and O–H groups in total. The first-order valence-electron chi connectivity index (χ1n) is 7.01. The van der Waals surface area contributed by atoms with Crippen molar-refractivity contribution in [2.75, 3.05) is 4.90 Å². The van der Waals surface area contributed by atoms with Gasteiger partial charge in [0.2, 0.25) is 0 Å². The summed E-state index contributed by atoms with van der Waals surface area (Å²) in [6.07, 6.45) is 0. The Morgan fingerprint density at radius 3 is 2.32 bits per heavy atom. The highest BCUT2D eigenvalue weighted by molar-refractivity contribution is 5.63. The topological polar surface area (TPSA) is 3.24 Å². The Balaban J connectivity index is 1.99. The number of rotatable bonds is 2. The van der Waals surface area contributed by atoms with Gasteiger partial charge in [0.15, 0.2) is 0 Å². The first kappa shape index (κ1) is 12.3. The smallest absolute Gasteiger partial charge is 0.0432 e. The zero-order chi connectivity index (χ0) is 13.5. The van der Waals surface area contributed by atoms with Crippen molar-refractivity contribution in [1.29, 1.82) is 0 Å². The van der Waals surface area contributed by atoms with Crippen LogP contribution in [0.25, 0.3) is 0 Å². The molecule has 1 aliphatic heterocycles. The van der Waals surface area contributed by atoms with Crippen LogP contribution in [0.5, 0.6) is 0 Å². The van der Waals surface area contributed by atoms with E-state index in [9.17, 15) is 0 Å². The van der Waals surface area contributed by atoms with Gasteiger partial charge in [0.25, 0.3) is 0 Å². The molecule has 0 fully saturated rings. The average Bonchev–Trinajstić information content (AvgIpc) is 2.62. The van der Waals surface area contributed by atoms with Crippen molar-refractivity contribution in [2.24, 2.45) is 0 Å². The maximum Gasteiger partial charge on any atom is 0.0432 e. The summed E-state index contributed by atoms with van der Waals surface area (Å²) in [4.78, 5) is 2.53. The molecule has 0 amide bonds. The molecule has 0 aliphatic carbocycles. The van der Waals surface area contributed by atoms with E-state index >= 15 is 0 Å². The number of hydrogen-bond acceptors (Lipinski definition) is 1. The first-order valence-corrected chi connectivity index (χ1v) is 7.01. The van der Waals surface area contributed by atoms with E-state index in [2.05, 4.69) is 80.3 Å². The van der Waals surface area contributed by atoms with Gasteiger partial charge in [-0.1, -0.05) is 62.4 Å². The number of fused-ring (bicyclic) bond motifs is 1. The van der Waals surface area contributed by atoms with Crippen LogP contribution in [0.2, 0.25) is 0 Å². The molecule has 2 aromatic rings. The van der Waals surface area contributed by atoms with Gasteiger partial charge in [0.05, 0.1) is 0 Å². The SMILES string of the molecule is CC1N(Cc2ccccc2)c2ccccc2C1(C)C. The molecular weight excluding hydrogens is 230 g/mol. The highest BCUT2D eigenvalue weighted by atomic mass is 15.2. The minimum Gasteiger partial charge on any atom is -0.363 e. The summed E-state index contributed by atoms with van der Waals surface area (Å²) < 4.78 is 0. The molecule has 0 spiro atoms. The molecule has 1 heteroatoms. The summed E-state index contributed by atoms with van der Waals surface area (Å²) in [6, 6.07) is 20.1. The molecule has 2 aromatic carbocycles. The minimum absolute atomic E-state index is 0.214. The standard InChI is InChI=1S/C18H21N/c1-14-18(2,3)16-11-7-8-12-17(16)19(14)13-15-9-5-4-6-10-15/h4-12,14H,13H2,1-3H3. The Labute approximate surface area is 115 Å². The van der Waals surface area contributed by atoms with Crippen LogP contribution >= 0.6 is 0 Å². The van der Waals surface area contributed by atoms with Crippen LogP contribution in [-0.2, 0) is 12.0 Å². The Hall–Kier alpha value is -1.76. The van der Waals surface area contributed by atoms with Gasteiger partial charge < -0.3 is 4.90 Å². The van der Waals surface area contributed by atoms with Gasteiger partial charge in [-0.15, -0.1) is 0 Å². The fraction of sp³-hybridized carbons (Fsp3) is 0.333. The molecule has 1 nitrogen and oxygen atoms in total. The van der Waals surface area contributed by atoms with Crippen LogP contribution in [0.15, 0.2) is 54.6 Å². The molecule has 0 saturated heterocycles. The van der Waals surface area contributed by atoms with Gasteiger partial charge in [-0.25, -0.2) is 0 Å².